The minimum Gasteiger partial charge on any atom is -0.481 e. The zero-order valence-electron chi connectivity index (χ0n) is 9.96. The highest BCUT2D eigenvalue weighted by molar-refractivity contribution is 9.10. The van der Waals surface area contributed by atoms with Crippen LogP contribution in [0, 0.1) is 0 Å². The summed E-state index contributed by atoms with van der Waals surface area (Å²) in [5.41, 5.74) is 1.12. The fourth-order valence-corrected chi connectivity index (χ4v) is 3.11. The second kappa shape index (κ2) is 3.88. The molecule has 96 valence electrons. The summed E-state index contributed by atoms with van der Waals surface area (Å²) in [5.74, 6) is 0.647. The van der Waals surface area contributed by atoms with E-state index in [2.05, 4.69) is 15.9 Å². The molecule has 3 rings (SSSR count). The lowest BCUT2D eigenvalue weighted by atomic mass is 9.89. The van der Waals surface area contributed by atoms with E-state index in [1.54, 1.807) is 0 Å². The molecule has 0 unspecified atom stereocenters. The molecule has 2 aliphatic rings. The second-order valence-corrected chi connectivity index (χ2v) is 5.54. The molecule has 1 aliphatic heterocycles. The van der Waals surface area contributed by atoms with E-state index in [4.69, 9.17) is 9.47 Å². The van der Waals surface area contributed by atoms with Crippen molar-refractivity contribution in [2.45, 2.75) is 31.6 Å². The SMILES string of the molecule is CCc1c(C2(C(=O)O)CC2)cc(Br)c2c1OCO2. The van der Waals surface area contributed by atoms with Crippen molar-refractivity contribution in [3.63, 3.8) is 0 Å². The van der Waals surface area contributed by atoms with Crippen molar-refractivity contribution in [3.05, 3.63) is 21.7 Å². The van der Waals surface area contributed by atoms with Gasteiger partial charge < -0.3 is 14.6 Å². The molecule has 18 heavy (non-hydrogen) atoms. The number of carboxylic acid groups (broad SMARTS) is 1. The standard InChI is InChI=1S/C13H13BrO4/c1-2-7-8(13(3-4-13)12(15)16)5-9(14)11-10(7)17-6-18-11/h5H,2-4,6H2,1H3,(H,15,16). The van der Waals surface area contributed by atoms with Gasteiger partial charge in [-0.2, -0.15) is 0 Å². The Balaban J connectivity index is 2.22. The van der Waals surface area contributed by atoms with E-state index in [-0.39, 0.29) is 6.79 Å². The Kier molecular flexibility index (Phi) is 2.55. The summed E-state index contributed by atoms with van der Waals surface area (Å²) in [7, 11) is 0. The number of halogens is 1. The summed E-state index contributed by atoms with van der Waals surface area (Å²) in [4.78, 5) is 11.5. The summed E-state index contributed by atoms with van der Waals surface area (Å²) in [6.45, 7) is 2.21. The average molecular weight is 313 g/mol. The van der Waals surface area contributed by atoms with Crippen molar-refractivity contribution >= 4 is 21.9 Å². The first-order chi connectivity index (χ1) is 8.60. The third-order valence-corrected chi connectivity index (χ3v) is 4.32. The molecule has 1 heterocycles. The molecule has 0 saturated heterocycles. The van der Waals surface area contributed by atoms with Crippen molar-refractivity contribution in [2.24, 2.45) is 0 Å². The van der Waals surface area contributed by atoms with Crippen LogP contribution in [0.15, 0.2) is 10.5 Å². The maximum atomic E-state index is 11.5. The van der Waals surface area contributed by atoms with Crippen molar-refractivity contribution in [2.75, 3.05) is 6.79 Å². The summed E-state index contributed by atoms with van der Waals surface area (Å²) in [6, 6.07) is 1.88. The lowest BCUT2D eigenvalue weighted by Gasteiger charge is -2.17. The van der Waals surface area contributed by atoms with Crippen LogP contribution in [0.1, 0.15) is 30.9 Å². The molecular weight excluding hydrogens is 300 g/mol. The summed E-state index contributed by atoms with van der Waals surface area (Å²) < 4.78 is 11.7. The number of benzene rings is 1. The Hall–Kier alpha value is -1.23. The molecule has 1 fully saturated rings. The predicted octanol–water partition coefficient (Wildman–Crippen LogP) is 2.86. The lowest BCUT2D eigenvalue weighted by Crippen LogP contribution is -2.21. The van der Waals surface area contributed by atoms with Crippen molar-refractivity contribution in [1.29, 1.82) is 0 Å². The van der Waals surface area contributed by atoms with E-state index in [1.165, 1.54) is 0 Å². The zero-order chi connectivity index (χ0) is 12.9. The number of hydrogen-bond acceptors (Lipinski definition) is 3. The number of carboxylic acids is 1. The van der Waals surface area contributed by atoms with E-state index in [0.29, 0.717) is 24.3 Å². The first-order valence-corrected chi connectivity index (χ1v) is 6.74. The van der Waals surface area contributed by atoms with Gasteiger partial charge in [0.1, 0.15) is 0 Å². The van der Waals surface area contributed by atoms with Crippen LogP contribution < -0.4 is 9.47 Å². The number of fused-ring (bicyclic) bond motifs is 1. The number of carbonyl (C=O) groups is 1. The van der Waals surface area contributed by atoms with Gasteiger partial charge in [0.05, 0.1) is 9.89 Å². The Labute approximate surface area is 113 Å². The van der Waals surface area contributed by atoms with E-state index in [0.717, 1.165) is 22.0 Å². The first kappa shape index (κ1) is 11.8. The molecular formula is C13H13BrO4. The van der Waals surface area contributed by atoms with Gasteiger partial charge in [0.2, 0.25) is 6.79 Å². The van der Waals surface area contributed by atoms with Gasteiger partial charge in [-0.1, -0.05) is 6.92 Å². The van der Waals surface area contributed by atoms with Crippen LogP contribution in [0.2, 0.25) is 0 Å². The normalized spacial score (nSPS) is 18.8. The third-order valence-electron chi connectivity index (χ3n) is 3.73. The maximum Gasteiger partial charge on any atom is 0.314 e. The van der Waals surface area contributed by atoms with E-state index < -0.39 is 11.4 Å². The van der Waals surface area contributed by atoms with Crippen molar-refractivity contribution < 1.29 is 19.4 Å². The highest BCUT2D eigenvalue weighted by Gasteiger charge is 2.53. The summed E-state index contributed by atoms with van der Waals surface area (Å²) in [6.07, 6.45) is 2.13. The quantitative estimate of drug-likeness (QED) is 0.932. The monoisotopic (exact) mass is 312 g/mol. The highest BCUT2D eigenvalue weighted by atomic mass is 79.9. The Morgan fingerprint density at radius 3 is 2.67 bits per heavy atom. The Bertz CT molecular complexity index is 534. The minimum atomic E-state index is -0.747. The number of ether oxygens (including phenoxy) is 2. The van der Waals surface area contributed by atoms with Crippen LogP contribution >= 0.6 is 15.9 Å². The predicted molar refractivity (Wildman–Crippen MR) is 68.2 cm³/mol. The van der Waals surface area contributed by atoms with Crippen LogP contribution in [0.4, 0.5) is 0 Å². The number of rotatable bonds is 3. The molecule has 5 heteroatoms. The summed E-state index contributed by atoms with van der Waals surface area (Å²) >= 11 is 3.43. The zero-order valence-corrected chi connectivity index (χ0v) is 11.5. The number of hydrogen-bond donors (Lipinski definition) is 1. The van der Waals surface area contributed by atoms with Gasteiger partial charge in [-0.25, -0.2) is 0 Å². The first-order valence-electron chi connectivity index (χ1n) is 5.95. The van der Waals surface area contributed by atoms with E-state index in [9.17, 15) is 9.90 Å². The molecule has 1 aliphatic carbocycles. The molecule has 1 N–H and O–H groups in total. The molecule has 0 bridgehead atoms. The average Bonchev–Trinajstić information content (AvgIpc) is 3.01. The molecule has 0 spiro atoms. The largest absolute Gasteiger partial charge is 0.481 e. The number of aliphatic carboxylic acids is 1. The van der Waals surface area contributed by atoms with Crippen molar-refractivity contribution in [1.82, 2.24) is 0 Å². The van der Waals surface area contributed by atoms with E-state index >= 15 is 0 Å². The Morgan fingerprint density at radius 2 is 2.11 bits per heavy atom. The minimum absolute atomic E-state index is 0.199. The fraction of sp³-hybridized carbons (Fsp3) is 0.462. The molecule has 0 amide bonds. The van der Waals surface area contributed by atoms with Crippen LogP contribution in [0.3, 0.4) is 0 Å². The lowest BCUT2D eigenvalue weighted by molar-refractivity contribution is -0.140. The second-order valence-electron chi connectivity index (χ2n) is 4.69. The molecule has 0 radical (unpaired) electrons. The fourth-order valence-electron chi connectivity index (χ4n) is 2.58. The maximum absolute atomic E-state index is 11.5. The van der Waals surface area contributed by atoms with Gasteiger partial charge in [-0.05, 0) is 46.8 Å². The smallest absolute Gasteiger partial charge is 0.314 e. The van der Waals surface area contributed by atoms with Crippen LogP contribution in [-0.2, 0) is 16.6 Å². The molecule has 1 aromatic carbocycles. The van der Waals surface area contributed by atoms with Gasteiger partial charge >= 0.3 is 5.97 Å². The summed E-state index contributed by atoms with van der Waals surface area (Å²) in [5, 5.41) is 9.43. The highest BCUT2D eigenvalue weighted by Crippen LogP contribution is 2.54. The van der Waals surface area contributed by atoms with Crippen LogP contribution in [0.25, 0.3) is 0 Å². The Morgan fingerprint density at radius 1 is 1.44 bits per heavy atom. The van der Waals surface area contributed by atoms with Gasteiger partial charge in [0, 0.05) is 5.56 Å². The molecule has 1 aromatic rings. The van der Waals surface area contributed by atoms with Gasteiger partial charge in [-0.15, -0.1) is 0 Å². The van der Waals surface area contributed by atoms with E-state index in [1.807, 2.05) is 13.0 Å². The van der Waals surface area contributed by atoms with Crippen LogP contribution in [0.5, 0.6) is 11.5 Å². The van der Waals surface area contributed by atoms with Gasteiger partial charge in [0.25, 0.3) is 0 Å². The van der Waals surface area contributed by atoms with Crippen molar-refractivity contribution in [3.8, 4) is 11.5 Å². The molecule has 0 aromatic heterocycles. The topological polar surface area (TPSA) is 55.8 Å². The third kappa shape index (κ3) is 1.46. The van der Waals surface area contributed by atoms with Gasteiger partial charge in [-0.3, -0.25) is 4.79 Å². The molecule has 0 atom stereocenters. The van der Waals surface area contributed by atoms with Gasteiger partial charge in [0.15, 0.2) is 11.5 Å². The van der Waals surface area contributed by atoms with Crippen LogP contribution in [-0.4, -0.2) is 17.9 Å². The molecule has 1 saturated carbocycles. The molecule has 4 nitrogen and oxygen atoms in total.